The van der Waals surface area contributed by atoms with Crippen molar-refractivity contribution in [3.63, 3.8) is 0 Å². The minimum Gasteiger partial charge on any atom is -0.493 e. The van der Waals surface area contributed by atoms with Crippen LogP contribution < -0.4 is 4.74 Å². The highest BCUT2D eigenvalue weighted by molar-refractivity contribution is 5.75. The van der Waals surface area contributed by atoms with E-state index in [1.54, 1.807) is 29.5 Å². The van der Waals surface area contributed by atoms with Crippen molar-refractivity contribution in [3.05, 3.63) is 59.8 Å². The SMILES string of the molecule is Cn1cc(-c2cnc(CCc3c(F)ccc4c3CCO4)n3cnnc23)cn1. The first-order valence-corrected chi connectivity index (χ1v) is 8.80. The summed E-state index contributed by atoms with van der Waals surface area (Å²) in [7, 11) is 1.86. The van der Waals surface area contributed by atoms with Crippen LogP contribution >= 0.6 is 0 Å². The van der Waals surface area contributed by atoms with E-state index in [-0.39, 0.29) is 5.82 Å². The number of aryl methyl sites for hydroxylation is 2. The number of aromatic nitrogens is 6. The van der Waals surface area contributed by atoms with Gasteiger partial charge in [-0.3, -0.25) is 9.08 Å². The number of hydrogen-bond acceptors (Lipinski definition) is 5. The van der Waals surface area contributed by atoms with Crippen molar-refractivity contribution in [2.45, 2.75) is 19.3 Å². The third kappa shape index (κ3) is 2.64. The lowest BCUT2D eigenvalue weighted by atomic mass is 10.00. The molecule has 3 aromatic heterocycles. The number of fused-ring (bicyclic) bond motifs is 2. The smallest absolute Gasteiger partial charge is 0.171 e. The molecule has 0 amide bonds. The summed E-state index contributed by atoms with van der Waals surface area (Å²) in [5.41, 5.74) is 4.20. The molecule has 0 saturated carbocycles. The van der Waals surface area contributed by atoms with Gasteiger partial charge in [-0.05, 0) is 24.1 Å². The summed E-state index contributed by atoms with van der Waals surface area (Å²) in [6.07, 6.45) is 8.98. The quantitative estimate of drug-likeness (QED) is 0.556. The van der Waals surface area contributed by atoms with Crippen LogP contribution in [0.15, 0.2) is 37.1 Å². The van der Waals surface area contributed by atoms with Gasteiger partial charge in [0, 0.05) is 49.0 Å². The molecule has 5 rings (SSSR count). The van der Waals surface area contributed by atoms with Gasteiger partial charge in [-0.2, -0.15) is 5.10 Å². The first-order valence-electron chi connectivity index (χ1n) is 8.80. The van der Waals surface area contributed by atoms with Crippen molar-refractivity contribution in [3.8, 4) is 16.9 Å². The van der Waals surface area contributed by atoms with Crippen molar-refractivity contribution in [1.29, 1.82) is 0 Å². The molecular weight excluding hydrogens is 347 g/mol. The fraction of sp³-hybridized carbons (Fsp3) is 0.263. The van der Waals surface area contributed by atoms with E-state index in [9.17, 15) is 4.39 Å². The largest absolute Gasteiger partial charge is 0.493 e. The standard InChI is InChI=1S/C19H17FN6O/c1-25-10-12(8-23-25)15-9-21-18(26-11-22-24-19(15)26)5-2-13-14-6-7-27-17(14)4-3-16(13)20/h3-4,8-11H,2,5-7H2,1H3. The number of halogens is 1. The Bertz CT molecular complexity index is 1150. The lowest BCUT2D eigenvalue weighted by Gasteiger charge is -2.10. The van der Waals surface area contributed by atoms with Crippen LogP contribution in [0.4, 0.5) is 4.39 Å². The van der Waals surface area contributed by atoms with Gasteiger partial charge in [-0.25, -0.2) is 9.37 Å². The summed E-state index contributed by atoms with van der Waals surface area (Å²) in [6, 6.07) is 3.19. The van der Waals surface area contributed by atoms with Crippen LogP contribution in [0.2, 0.25) is 0 Å². The fourth-order valence-electron chi connectivity index (χ4n) is 3.64. The highest BCUT2D eigenvalue weighted by Crippen LogP contribution is 2.31. The highest BCUT2D eigenvalue weighted by atomic mass is 19.1. The Morgan fingerprint density at radius 1 is 1.22 bits per heavy atom. The zero-order valence-electron chi connectivity index (χ0n) is 14.8. The Hall–Kier alpha value is -3.29. The van der Waals surface area contributed by atoms with E-state index < -0.39 is 0 Å². The van der Waals surface area contributed by atoms with E-state index in [4.69, 9.17) is 4.74 Å². The summed E-state index contributed by atoms with van der Waals surface area (Å²) in [4.78, 5) is 4.60. The number of ether oxygens (including phenoxy) is 1. The minimum atomic E-state index is -0.189. The van der Waals surface area contributed by atoms with Crippen LogP contribution in [0.1, 0.15) is 17.0 Å². The van der Waals surface area contributed by atoms with E-state index in [2.05, 4.69) is 20.3 Å². The molecule has 0 N–H and O–H groups in total. The van der Waals surface area contributed by atoms with Crippen LogP contribution in [-0.4, -0.2) is 36.0 Å². The van der Waals surface area contributed by atoms with Gasteiger partial charge in [-0.1, -0.05) is 0 Å². The average Bonchev–Trinajstić information content (AvgIpc) is 3.40. The van der Waals surface area contributed by atoms with E-state index in [0.29, 0.717) is 25.0 Å². The molecule has 0 fully saturated rings. The van der Waals surface area contributed by atoms with Crippen LogP contribution in [-0.2, 0) is 26.3 Å². The zero-order valence-corrected chi connectivity index (χ0v) is 14.8. The Morgan fingerprint density at radius 2 is 2.15 bits per heavy atom. The normalized spacial score (nSPS) is 13.1. The van der Waals surface area contributed by atoms with Crippen molar-refractivity contribution in [2.24, 2.45) is 7.05 Å². The molecule has 7 nitrogen and oxygen atoms in total. The molecule has 0 aliphatic carbocycles. The second-order valence-corrected chi connectivity index (χ2v) is 6.62. The number of rotatable bonds is 4. The van der Waals surface area contributed by atoms with Gasteiger partial charge < -0.3 is 4.74 Å². The van der Waals surface area contributed by atoms with Crippen molar-refractivity contribution in [2.75, 3.05) is 6.61 Å². The van der Waals surface area contributed by atoms with Crippen molar-refractivity contribution in [1.82, 2.24) is 29.4 Å². The first kappa shape index (κ1) is 15.9. The maximum atomic E-state index is 14.4. The predicted octanol–water partition coefficient (Wildman–Crippen LogP) is 2.38. The number of benzene rings is 1. The first-order chi connectivity index (χ1) is 13.2. The molecule has 0 spiro atoms. The van der Waals surface area contributed by atoms with Gasteiger partial charge in [0.1, 0.15) is 23.7 Å². The summed E-state index contributed by atoms with van der Waals surface area (Å²) in [5.74, 6) is 1.39. The molecule has 8 heteroatoms. The topological polar surface area (TPSA) is 70.1 Å². The van der Waals surface area contributed by atoms with Gasteiger partial charge in [0.05, 0.1) is 12.8 Å². The monoisotopic (exact) mass is 364 g/mol. The molecule has 1 aliphatic rings. The van der Waals surface area contributed by atoms with Crippen LogP contribution in [0, 0.1) is 5.82 Å². The van der Waals surface area contributed by atoms with Crippen LogP contribution in [0.25, 0.3) is 16.8 Å². The molecule has 0 bridgehead atoms. The lowest BCUT2D eigenvalue weighted by molar-refractivity contribution is 0.356. The highest BCUT2D eigenvalue weighted by Gasteiger charge is 2.20. The Balaban J connectivity index is 1.49. The van der Waals surface area contributed by atoms with E-state index in [1.807, 2.05) is 17.6 Å². The van der Waals surface area contributed by atoms with E-state index in [0.717, 1.165) is 40.3 Å². The van der Waals surface area contributed by atoms with Crippen LogP contribution in [0.3, 0.4) is 0 Å². The lowest BCUT2D eigenvalue weighted by Crippen LogP contribution is -2.06. The summed E-state index contributed by atoms with van der Waals surface area (Å²) >= 11 is 0. The Morgan fingerprint density at radius 3 is 3.00 bits per heavy atom. The van der Waals surface area contributed by atoms with Crippen molar-refractivity contribution < 1.29 is 9.13 Å². The molecule has 1 aromatic carbocycles. The zero-order chi connectivity index (χ0) is 18.4. The predicted molar refractivity (Wildman–Crippen MR) is 96.0 cm³/mol. The number of hydrogen-bond donors (Lipinski definition) is 0. The van der Waals surface area contributed by atoms with E-state index >= 15 is 0 Å². The third-order valence-corrected chi connectivity index (χ3v) is 4.96. The van der Waals surface area contributed by atoms with Gasteiger partial charge in [0.15, 0.2) is 5.65 Å². The molecule has 0 unspecified atom stereocenters. The maximum absolute atomic E-state index is 14.4. The van der Waals surface area contributed by atoms with Gasteiger partial charge in [-0.15, -0.1) is 10.2 Å². The van der Waals surface area contributed by atoms with Gasteiger partial charge in [0.2, 0.25) is 0 Å². The molecule has 0 radical (unpaired) electrons. The molecule has 4 aromatic rings. The molecule has 1 aliphatic heterocycles. The Kier molecular flexibility index (Phi) is 3.63. The Labute approximate surface area is 154 Å². The molecule has 0 atom stereocenters. The second kappa shape index (κ2) is 6.15. The molecular formula is C19H17FN6O. The molecule has 4 heterocycles. The summed E-state index contributed by atoms with van der Waals surface area (Å²) < 4.78 is 23.5. The minimum absolute atomic E-state index is 0.189. The maximum Gasteiger partial charge on any atom is 0.171 e. The number of nitrogens with zero attached hydrogens (tertiary/aromatic N) is 6. The average molecular weight is 364 g/mol. The summed E-state index contributed by atoms with van der Waals surface area (Å²) in [6.45, 7) is 0.611. The fourth-order valence-corrected chi connectivity index (χ4v) is 3.64. The van der Waals surface area contributed by atoms with E-state index in [1.165, 1.54) is 6.07 Å². The second-order valence-electron chi connectivity index (χ2n) is 6.62. The summed E-state index contributed by atoms with van der Waals surface area (Å²) in [5, 5.41) is 12.5. The molecule has 0 saturated heterocycles. The molecule has 27 heavy (non-hydrogen) atoms. The van der Waals surface area contributed by atoms with Gasteiger partial charge in [0.25, 0.3) is 0 Å². The molecule has 136 valence electrons. The van der Waals surface area contributed by atoms with Crippen LogP contribution in [0.5, 0.6) is 5.75 Å². The third-order valence-electron chi connectivity index (χ3n) is 4.96. The van der Waals surface area contributed by atoms with Crippen molar-refractivity contribution >= 4 is 5.65 Å². The van der Waals surface area contributed by atoms with Gasteiger partial charge >= 0.3 is 0 Å².